The first-order valence-corrected chi connectivity index (χ1v) is 9.31. The van der Waals surface area contributed by atoms with Crippen LogP contribution in [0.3, 0.4) is 0 Å². The lowest BCUT2D eigenvalue weighted by atomic mass is 10.0. The van der Waals surface area contributed by atoms with Crippen LogP contribution in [0.2, 0.25) is 0 Å². The summed E-state index contributed by atoms with van der Waals surface area (Å²) in [6, 6.07) is 7.12. The van der Waals surface area contributed by atoms with E-state index in [1.807, 2.05) is 18.2 Å². The third-order valence-electron chi connectivity index (χ3n) is 4.76. The van der Waals surface area contributed by atoms with Crippen molar-refractivity contribution in [2.24, 2.45) is 0 Å². The van der Waals surface area contributed by atoms with Gasteiger partial charge in [0.25, 0.3) is 11.6 Å². The van der Waals surface area contributed by atoms with Crippen LogP contribution in [-0.2, 0) is 0 Å². The number of amides is 1. The summed E-state index contributed by atoms with van der Waals surface area (Å²) in [5.41, 5.74) is 1.01. The molecule has 0 spiro atoms. The minimum atomic E-state index is -0.440. The van der Waals surface area contributed by atoms with E-state index in [1.165, 1.54) is 17.4 Å². The number of rotatable bonds is 3. The van der Waals surface area contributed by atoms with Gasteiger partial charge in [0.1, 0.15) is 13.2 Å². The van der Waals surface area contributed by atoms with E-state index in [4.69, 9.17) is 9.47 Å². The molecule has 0 aliphatic carbocycles. The molecule has 1 atom stereocenters. The van der Waals surface area contributed by atoms with Gasteiger partial charge in [0.05, 0.1) is 20.7 Å². The zero-order valence-electron chi connectivity index (χ0n) is 14.3. The second-order valence-corrected chi connectivity index (χ2v) is 7.63. The maximum Gasteiger partial charge on any atom is 0.283 e. The van der Waals surface area contributed by atoms with Gasteiger partial charge in [-0.05, 0) is 37.5 Å². The predicted molar refractivity (Wildman–Crippen MR) is 96.2 cm³/mol. The molecule has 4 rings (SSSR count). The Morgan fingerprint density at radius 2 is 2.04 bits per heavy atom. The second kappa shape index (κ2) is 6.60. The summed E-state index contributed by atoms with van der Waals surface area (Å²) in [5, 5.41) is 11.1. The topological polar surface area (TPSA) is 81.9 Å². The number of fused-ring (bicyclic) bond motifs is 1. The Balaban J connectivity index is 1.61. The van der Waals surface area contributed by atoms with Gasteiger partial charge < -0.3 is 14.4 Å². The van der Waals surface area contributed by atoms with E-state index in [1.54, 1.807) is 11.8 Å². The molecule has 136 valence electrons. The van der Waals surface area contributed by atoms with Gasteiger partial charge in [0.2, 0.25) is 0 Å². The first-order valence-electron chi connectivity index (χ1n) is 8.50. The van der Waals surface area contributed by atoms with Crippen molar-refractivity contribution in [1.29, 1.82) is 0 Å². The Kier molecular flexibility index (Phi) is 4.28. The van der Waals surface area contributed by atoms with Gasteiger partial charge in [-0.2, -0.15) is 0 Å². The van der Waals surface area contributed by atoms with Gasteiger partial charge >= 0.3 is 0 Å². The highest BCUT2D eigenvalue weighted by Gasteiger charge is 2.33. The molecule has 8 heteroatoms. The van der Waals surface area contributed by atoms with E-state index in [2.05, 4.69) is 0 Å². The molecule has 1 amide bonds. The molecule has 1 saturated heterocycles. The van der Waals surface area contributed by atoms with Gasteiger partial charge in [-0.1, -0.05) is 6.07 Å². The van der Waals surface area contributed by atoms with Crippen LogP contribution in [-0.4, -0.2) is 35.5 Å². The van der Waals surface area contributed by atoms with E-state index in [-0.39, 0.29) is 17.6 Å². The molecule has 0 saturated carbocycles. The number of carbonyl (C=O) groups excluding carboxylic acids is 1. The molecule has 0 bridgehead atoms. The molecule has 2 aliphatic heterocycles. The molecular formula is C18H18N2O5S. The molecule has 1 aromatic heterocycles. The minimum absolute atomic E-state index is 0.00780. The number of nitro groups is 1. The number of carbonyl (C=O) groups is 1. The molecular weight excluding hydrogens is 356 g/mol. The first-order chi connectivity index (χ1) is 12.5. The van der Waals surface area contributed by atoms with Crippen LogP contribution < -0.4 is 9.47 Å². The summed E-state index contributed by atoms with van der Waals surface area (Å²) >= 11 is 1.18. The van der Waals surface area contributed by atoms with Crippen molar-refractivity contribution in [1.82, 2.24) is 4.90 Å². The second-order valence-electron chi connectivity index (χ2n) is 6.37. The van der Waals surface area contributed by atoms with E-state index >= 15 is 0 Å². The molecule has 3 heterocycles. The highest BCUT2D eigenvalue weighted by molar-refractivity contribution is 7.14. The average Bonchev–Trinajstić information content (AvgIpc) is 3.27. The number of likely N-dealkylation sites (tertiary alicyclic amines) is 1. The van der Waals surface area contributed by atoms with Crippen molar-refractivity contribution in [3.63, 3.8) is 0 Å². The molecule has 1 unspecified atom stereocenters. The maximum atomic E-state index is 13.0. The predicted octanol–water partition coefficient (Wildman–Crippen LogP) is 3.71. The quantitative estimate of drug-likeness (QED) is 0.604. The van der Waals surface area contributed by atoms with Crippen molar-refractivity contribution < 1.29 is 19.2 Å². The number of nitrogens with zero attached hydrogens (tertiary/aromatic N) is 2. The van der Waals surface area contributed by atoms with Crippen LogP contribution in [0.25, 0.3) is 0 Å². The SMILES string of the molecule is Cc1sc(C(=O)N2CCCC2c2ccc3c(c2)OCCO3)cc1[N+](=O)[O-]. The third-order valence-corrected chi connectivity index (χ3v) is 5.79. The zero-order valence-corrected chi connectivity index (χ0v) is 15.1. The van der Waals surface area contributed by atoms with E-state index < -0.39 is 4.92 Å². The zero-order chi connectivity index (χ0) is 18.3. The van der Waals surface area contributed by atoms with Crippen LogP contribution in [0.5, 0.6) is 11.5 Å². The average molecular weight is 374 g/mol. The summed E-state index contributed by atoms with van der Waals surface area (Å²) in [4.78, 5) is 26.4. The van der Waals surface area contributed by atoms with Crippen molar-refractivity contribution >= 4 is 22.9 Å². The van der Waals surface area contributed by atoms with E-state index in [0.717, 1.165) is 24.2 Å². The Morgan fingerprint density at radius 3 is 2.77 bits per heavy atom. The summed E-state index contributed by atoms with van der Waals surface area (Å²) < 4.78 is 11.2. The summed E-state index contributed by atoms with van der Waals surface area (Å²) in [5.74, 6) is 1.28. The highest BCUT2D eigenvalue weighted by atomic mass is 32.1. The van der Waals surface area contributed by atoms with Gasteiger partial charge in [-0.3, -0.25) is 14.9 Å². The van der Waals surface area contributed by atoms with Gasteiger partial charge in [-0.15, -0.1) is 11.3 Å². The largest absolute Gasteiger partial charge is 0.486 e. The molecule has 26 heavy (non-hydrogen) atoms. The van der Waals surface area contributed by atoms with Crippen LogP contribution in [0.4, 0.5) is 5.69 Å². The standard InChI is InChI=1S/C18H18N2O5S/c1-11-14(20(22)23)10-17(26-11)18(21)19-6-2-3-13(19)12-4-5-15-16(9-12)25-8-7-24-15/h4-5,9-10,13H,2-3,6-8H2,1H3. The summed E-state index contributed by atoms with van der Waals surface area (Å²) in [7, 11) is 0. The molecule has 0 N–H and O–H groups in total. The maximum absolute atomic E-state index is 13.0. The number of hydrogen-bond donors (Lipinski definition) is 0. The summed E-state index contributed by atoms with van der Waals surface area (Å²) in [6.45, 7) is 3.36. The lowest BCUT2D eigenvalue weighted by Crippen LogP contribution is -2.30. The fraction of sp³-hybridized carbons (Fsp3) is 0.389. The smallest absolute Gasteiger partial charge is 0.283 e. The van der Waals surface area contributed by atoms with Crippen molar-refractivity contribution in [2.75, 3.05) is 19.8 Å². The van der Waals surface area contributed by atoms with Crippen molar-refractivity contribution in [2.45, 2.75) is 25.8 Å². The minimum Gasteiger partial charge on any atom is -0.486 e. The molecule has 1 fully saturated rings. The molecule has 2 aromatic rings. The van der Waals surface area contributed by atoms with Crippen molar-refractivity contribution in [3.05, 3.63) is 49.7 Å². The Morgan fingerprint density at radius 1 is 1.27 bits per heavy atom. The highest BCUT2D eigenvalue weighted by Crippen LogP contribution is 2.39. The monoisotopic (exact) mass is 374 g/mol. The van der Waals surface area contributed by atoms with Crippen molar-refractivity contribution in [3.8, 4) is 11.5 Å². The molecule has 1 aromatic carbocycles. The van der Waals surface area contributed by atoms with Crippen LogP contribution in [0.15, 0.2) is 24.3 Å². The number of ether oxygens (including phenoxy) is 2. The molecule has 2 aliphatic rings. The fourth-order valence-corrected chi connectivity index (χ4v) is 4.47. The Bertz CT molecular complexity index is 878. The van der Waals surface area contributed by atoms with E-state index in [0.29, 0.717) is 35.3 Å². The number of aryl methyl sites for hydroxylation is 1. The Hall–Kier alpha value is -2.61. The van der Waals surface area contributed by atoms with Crippen LogP contribution in [0.1, 0.15) is 39.0 Å². The number of hydrogen-bond acceptors (Lipinski definition) is 6. The Labute approximate surface area is 154 Å². The van der Waals surface area contributed by atoms with Crippen LogP contribution in [0, 0.1) is 17.0 Å². The number of thiophene rings is 1. The third kappa shape index (κ3) is 2.90. The van der Waals surface area contributed by atoms with E-state index in [9.17, 15) is 14.9 Å². The van der Waals surface area contributed by atoms with Crippen LogP contribution >= 0.6 is 11.3 Å². The normalized spacial score (nSPS) is 18.8. The van der Waals surface area contributed by atoms with Gasteiger partial charge in [0, 0.05) is 12.6 Å². The lowest BCUT2D eigenvalue weighted by Gasteiger charge is -2.26. The molecule has 0 radical (unpaired) electrons. The summed E-state index contributed by atoms with van der Waals surface area (Å²) in [6.07, 6.45) is 1.76. The van der Waals surface area contributed by atoms with Gasteiger partial charge in [0.15, 0.2) is 11.5 Å². The lowest BCUT2D eigenvalue weighted by molar-refractivity contribution is -0.385. The fourth-order valence-electron chi connectivity index (χ4n) is 3.52. The van der Waals surface area contributed by atoms with Gasteiger partial charge in [-0.25, -0.2) is 0 Å². The number of benzene rings is 1. The first kappa shape index (κ1) is 16.8. The molecule has 7 nitrogen and oxygen atoms in total.